The van der Waals surface area contributed by atoms with Gasteiger partial charge >= 0.3 is 6.18 Å². The Morgan fingerprint density at radius 2 is 2.00 bits per heavy atom. The van der Waals surface area contributed by atoms with E-state index in [0.717, 1.165) is 19.0 Å². The lowest BCUT2D eigenvalue weighted by Gasteiger charge is -2.18. The van der Waals surface area contributed by atoms with Gasteiger partial charge in [0.2, 0.25) is 5.95 Å². The van der Waals surface area contributed by atoms with Crippen LogP contribution in [0.1, 0.15) is 23.2 Å². The van der Waals surface area contributed by atoms with E-state index in [1.807, 2.05) is 0 Å². The lowest BCUT2D eigenvalue weighted by atomic mass is 10.1. The SMILES string of the molecule is CNc1cnc(C(=CN)Oc2cnc3nc(Nc4cc(CN5CC[C@H](OC)C5)cc(C(F)(F)F)c4)n(C)c3c2Cl)cn1. The van der Waals surface area contributed by atoms with E-state index in [2.05, 4.69) is 35.5 Å². The normalized spacial score (nSPS) is 16.3. The quantitative estimate of drug-likeness (QED) is 0.230. The summed E-state index contributed by atoms with van der Waals surface area (Å²) in [4.78, 5) is 19.3. The first kappa shape index (κ1) is 29.4. The van der Waals surface area contributed by atoms with Crippen molar-refractivity contribution in [3.05, 3.63) is 64.8 Å². The molecule has 0 spiro atoms. The third kappa shape index (κ3) is 6.20. The van der Waals surface area contributed by atoms with Crippen molar-refractivity contribution in [2.45, 2.75) is 25.2 Å². The highest BCUT2D eigenvalue weighted by molar-refractivity contribution is 6.36. The van der Waals surface area contributed by atoms with E-state index in [1.54, 1.807) is 31.8 Å². The van der Waals surface area contributed by atoms with Crippen LogP contribution in [-0.4, -0.2) is 62.8 Å². The van der Waals surface area contributed by atoms with Crippen molar-refractivity contribution in [3.8, 4) is 5.75 Å². The monoisotopic (exact) mass is 603 g/mol. The number of imidazole rings is 1. The van der Waals surface area contributed by atoms with Gasteiger partial charge in [0.15, 0.2) is 17.2 Å². The molecular weight excluding hydrogens is 575 g/mol. The van der Waals surface area contributed by atoms with E-state index in [-0.39, 0.29) is 39.9 Å². The Morgan fingerprint density at radius 1 is 1.19 bits per heavy atom. The molecule has 15 heteroatoms. The van der Waals surface area contributed by atoms with Crippen molar-refractivity contribution >= 4 is 46.0 Å². The number of alkyl halides is 3. The van der Waals surface area contributed by atoms with Crippen molar-refractivity contribution in [1.82, 2.24) is 29.4 Å². The average molecular weight is 604 g/mol. The standard InChI is InChI=1S/C27H29ClF3N9O2/c1-33-22-12-34-19(10-35-22)20(9-32)42-21-11-36-25-24(23(21)28)39(2)26(38-25)37-17-7-15(6-16(8-17)27(29,30)31)13-40-5-4-18(14-40)41-3/h6-12,18H,4-5,13-14,32H2,1-3H3,(H,33,35)(H,36,37,38)/t18-/m0/s1. The summed E-state index contributed by atoms with van der Waals surface area (Å²) in [5.74, 6) is 1.18. The van der Waals surface area contributed by atoms with Gasteiger partial charge in [0.1, 0.15) is 22.1 Å². The zero-order chi connectivity index (χ0) is 30.0. The van der Waals surface area contributed by atoms with E-state index in [9.17, 15) is 13.2 Å². The zero-order valence-electron chi connectivity index (χ0n) is 23.0. The van der Waals surface area contributed by atoms with Crippen molar-refractivity contribution in [3.63, 3.8) is 0 Å². The maximum absolute atomic E-state index is 13.8. The molecule has 1 atom stereocenters. The van der Waals surface area contributed by atoms with Crippen LogP contribution in [0.2, 0.25) is 5.02 Å². The number of nitrogens with one attached hydrogen (secondary N) is 2. The van der Waals surface area contributed by atoms with Gasteiger partial charge < -0.3 is 30.4 Å². The Kier molecular flexibility index (Phi) is 8.38. The van der Waals surface area contributed by atoms with Crippen LogP contribution in [0.3, 0.4) is 0 Å². The largest absolute Gasteiger partial charge is 0.450 e. The number of rotatable bonds is 9. The Bertz CT molecular complexity index is 1610. The summed E-state index contributed by atoms with van der Waals surface area (Å²) in [6.07, 6.45) is 1.99. The smallest absolute Gasteiger partial charge is 0.416 e. The number of methoxy groups -OCH3 is 1. The summed E-state index contributed by atoms with van der Waals surface area (Å²) >= 11 is 6.70. The molecule has 0 aliphatic carbocycles. The summed E-state index contributed by atoms with van der Waals surface area (Å²) < 4.78 is 54.3. The van der Waals surface area contributed by atoms with Gasteiger partial charge in [-0.05, 0) is 30.2 Å². The molecule has 4 aromatic rings. The van der Waals surface area contributed by atoms with Crippen LogP contribution in [0.4, 0.5) is 30.6 Å². The Morgan fingerprint density at radius 3 is 2.64 bits per heavy atom. The number of hydrogen-bond donors (Lipinski definition) is 3. The van der Waals surface area contributed by atoms with Crippen LogP contribution in [-0.2, 0) is 24.5 Å². The van der Waals surface area contributed by atoms with Crippen LogP contribution in [0.5, 0.6) is 5.75 Å². The molecule has 11 nitrogen and oxygen atoms in total. The van der Waals surface area contributed by atoms with Crippen LogP contribution in [0, 0.1) is 0 Å². The molecule has 0 saturated carbocycles. The first-order valence-electron chi connectivity index (χ1n) is 12.9. The number of nitrogens with zero attached hydrogens (tertiary/aromatic N) is 6. The number of aryl methyl sites for hydroxylation is 1. The molecule has 0 amide bonds. The van der Waals surface area contributed by atoms with Crippen molar-refractivity contribution < 1.29 is 22.6 Å². The Hall–Kier alpha value is -4.14. The predicted molar refractivity (Wildman–Crippen MR) is 153 cm³/mol. The van der Waals surface area contributed by atoms with E-state index in [1.165, 1.54) is 30.9 Å². The number of nitrogens with two attached hydrogens (primary N) is 1. The summed E-state index contributed by atoms with van der Waals surface area (Å²) in [6.45, 7) is 1.75. The fourth-order valence-corrected chi connectivity index (χ4v) is 5.01. The van der Waals surface area contributed by atoms with E-state index in [0.29, 0.717) is 35.7 Å². The molecule has 1 aromatic carbocycles. The number of anilines is 3. The fourth-order valence-electron chi connectivity index (χ4n) is 4.71. The minimum atomic E-state index is -4.53. The third-order valence-electron chi connectivity index (χ3n) is 6.88. The number of hydrogen-bond acceptors (Lipinski definition) is 10. The highest BCUT2D eigenvalue weighted by atomic mass is 35.5. The summed E-state index contributed by atoms with van der Waals surface area (Å²) in [6, 6.07) is 3.89. The van der Waals surface area contributed by atoms with Crippen LogP contribution >= 0.6 is 11.6 Å². The van der Waals surface area contributed by atoms with Crippen LogP contribution < -0.4 is 21.1 Å². The molecule has 3 aromatic heterocycles. The van der Waals surface area contributed by atoms with Crippen LogP contribution in [0.25, 0.3) is 16.9 Å². The molecule has 1 aliphatic heterocycles. The predicted octanol–water partition coefficient (Wildman–Crippen LogP) is 4.77. The molecule has 222 valence electrons. The molecule has 0 unspecified atom stereocenters. The number of ether oxygens (including phenoxy) is 2. The number of fused-ring (bicyclic) bond motifs is 1. The van der Waals surface area contributed by atoms with E-state index < -0.39 is 11.7 Å². The van der Waals surface area contributed by atoms with Crippen molar-refractivity contribution in [2.24, 2.45) is 12.8 Å². The molecular formula is C27H29ClF3N9O2. The van der Waals surface area contributed by atoms with Gasteiger partial charge in [0, 0.05) is 52.7 Å². The van der Waals surface area contributed by atoms with E-state index >= 15 is 0 Å². The highest BCUT2D eigenvalue weighted by Crippen LogP contribution is 2.37. The first-order valence-corrected chi connectivity index (χ1v) is 13.3. The maximum Gasteiger partial charge on any atom is 0.416 e. The van der Waals surface area contributed by atoms with Crippen molar-refractivity contribution in [2.75, 3.05) is 37.9 Å². The highest BCUT2D eigenvalue weighted by Gasteiger charge is 2.32. The Labute approximate surface area is 244 Å². The number of aromatic nitrogens is 5. The topological polar surface area (TPSA) is 128 Å². The van der Waals surface area contributed by atoms with Gasteiger partial charge in [-0.1, -0.05) is 11.6 Å². The minimum Gasteiger partial charge on any atom is -0.450 e. The van der Waals surface area contributed by atoms with Gasteiger partial charge in [-0.3, -0.25) is 4.90 Å². The molecule has 1 saturated heterocycles. The van der Waals surface area contributed by atoms with Crippen molar-refractivity contribution in [1.29, 1.82) is 0 Å². The number of halogens is 4. The molecule has 42 heavy (non-hydrogen) atoms. The molecule has 4 heterocycles. The Balaban J connectivity index is 1.43. The van der Waals surface area contributed by atoms with Gasteiger partial charge in [-0.2, -0.15) is 18.2 Å². The second-order valence-electron chi connectivity index (χ2n) is 9.70. The molecule has 0 radical (unpaired) electrons. The first-order chi connectivity index (χ1) is 20.1. The fraction of sp³-hybridized carbons (Fsp3) is 0.333. The lowest BCUT2D eigenvalue weighted by molar-refractivity contribution is -0.137. The summed E-state index contributed by atoms with van der Waals surface area (Å²) in [5, 5.41) is 6.06. The number of benzene rings is 1. The molecule has 0 bridgehead atoms. The zero-order valence-corrected chi connectivity index (χ0v) is 23.8. The lowest BCUT2D eigenvalue weighted by Crippen LogP contribution is -2.22. The second kappa shape index (κ2) is 12.0. The summed E-state index contributed by atoms with van der Waals surface area (Å²) in [5.41, 5.74) is 6.79. The number of pyridine rings is 1. The maximum atomic E-state index is 13.8. The molecule has 5 rings (SSSR count). The average Bonchev–Trinajstić information content (AvgIpc) is 3.56. The second-order valence-corrected chi connectivity index (χ2v) is 10.1. The van der Waals surface area contributed by atoms with Gasteiger partial charge in [0.05, 0.1) is 30.3 Å². The van der Waals surface area contributed by atoms with Gasteiger partial charge in [-0.15, -0.1) is 0 Å². The van der Waals surface area contributed by atoms with E-state index in [4.69, 9.17) is 26.8 Å². The molecule has 1 fully saturated rings. The minimum absolute atomic E-state index is 0.0720. The number of likely N-dealkylation sites (tertiary alicyclic amines) is 1. The van der Waals surface area contributed by atoms with Gasteiger partial charge in [-0.25, -0.2) is 15.0 Å². The molecule has 4 N–H and O–H groups in total. The van der Waals surface area contributed by atoms with Crippen LogP contribution in [0.15, 0.2) is 43.0 Å². The van der Waals surface area contributed by atoms with Gasteiger partial charge in [0.25, 0.3) is 0 Å². The molecule has 1 aliphatic rings. The summed E-state index contributed by atoms with van der Waals surface area (Å²) in [7, 11) is 5.02. The third-order valence-corrected chi connectivity index (χ3v) is 7.25.